The van der Waals surface area contributed by atoms with E-state index in [-0.39, 0.29) is 82.5 Å². The number of primary amides is 2. The fourth-order valence-corrected chi connectivity index (χ4v) is 12.0. The van der Waals surface area contributed by atoms with Crippen molar-refractivity contribution in [2.45, 2.75) is 203 Å². The number of hydrogen-bond acceptors (Lipinski definition) is 17. The van der Waals surface area contributed by atoms with E-state index >= 15 is 0 Å². The Morgan fingerprint density at radius 2 is 1.01 bits per heavy atom. The van der Waals surface area contributed by atoms with Gasteiger partial charge in [-0.1, -0.05) is 87.9 Å². The summed E-state index contributed by atoms with van der Waals surface area (Å²) in [7, 11) is 0. The molecule has 0 spiro atoms. The summed E-state index contributed by atoms with van der Waals surface area (Å²) in [5, 5.41) is 24.3. The number of thioether (sulfide) groups is 1. The van der Waals surface area contributed by atoms with E-state index in [1.54, 1.807) is 60.7 Å². The SMILES string of the molecule is CCCCNC(=O)[C@H](CCSC)NC(=O)[C@H](CC(C)C)NC(=O)CNC(=O)[C@H](Cc1ccccc1)NC(=O)[C@H](Cc1ccccc1)NC(=O)[C@H](CCC(N)=O)NC(=O)[C@H](CCC(N)=O)NC(=O)[C@@H]1CCCN1C(=O)[C@H](CCCCN)NC(=O)[C@@H]1CCCN1C(=O)[C@@H](N)CCCN=C(N)N. The summed E-state index contributed by atoms with van der Waals surface area (Å²) in [4.78, 5) is 187. The van der Waals surface area contributed by atoms with Gasteiger partial charge in [0.15, 0.2) is 5.96 Å². The molecule has 0 aliphatic carbocycles. The first-order chi connectivity index (χ1) is 47.3. The van der Waals surface area contributed by atoms with Gasteiger partial charge in [-0.15, -0.1) is 0 Å². The van der Waals surface area contributed by atoms with Gasteiger partial charge in [0, 0.05) is 51.9 Å². The third-order valence-corrected chi connectivity index (χ3v) is 17.5. The standard InChI is InChI=1S/C67H106N18O13S/c1-5-6-32-74-57(89)47(30-36-99-4)79-61(93)49(37-41(2)3)77-56(88)40-76-58(90)50(38-42-18-9-7-10-19-42)82-62(94)51(39-43-20-11-8-12-21-43)83-60(92)45(26-28-54(70)86)78-59(91)46(27-29-55(71)87)80-63(95)53-25-17-35-85(53)66(98)48(23-13-14-31-68)81-64(96)52-24-16-34-84(52)65(97)44(69)22-15-33-75-67(72)73/h7-12,18-21,41,44-53H,5-6,13-17,22-40,68-69H2,1-4H3,(H2,70,86)(H2,71,87)(H,74,89)(H,76,90)(H,77,88)(H,78,91)(H,79,93)(H,80,95)(H,81,96)(H,82,94)(H,83,92)(H4,72,73,75)/t44-,45-,46-,47-,48-,49-,50-,51-,52-,53-/m0/s1. The molecule has 10 atom stereocenters. The molecule has 2 aliphatic rings. The molecular formula is C67H106N18O13S. The minimum Gasteiger partial charge on any atom is -0.370 e. The molecule has 32 heteroatoms. The van der Waals surface area contributed by atoms with Gasteiger partial charge in [-0.25, -0.2) is 0 Å². The smallest absolute Gasteiger partial charge is 0.245 e. The zero-order chi connectivity index (χ0) is 73.0. The molecule has 548 valence electrons. The van der Waals surface area contributed by atoms with Gasteiger partial charge in [-0.05, 0) is 125 Å². The van der Waals surface area contributed by atoms with E-state index in [2.05, 4.69) is 52.8 Å². The molecule has 0 unspecified atom stereocenters. The van der Waals surface area contributed by atoms with Crippen molar-refractivity contribution in [1.82, 2.24) is 57.7 Å². The second-order valence-corrected chi connectivity index (χ2v) is 26.4. The lowest BCUT2D eigenvalue weighted by Gasteiger charge is -2.32. The van der Waals surface area contributed by atoms with E-state index in [9.17, 15) is 62.3 Å². The summed E-state index contributed by atoms with van der Waals surface area (Å²) in [5.41, 5.74) is 35.2. The number of nitrogens with one attached hydrogen (secondary N) is 9. The molecule has 0 radical (unpaired) electrons. The average Bonchev–Trinajstić information content (AvgIpc) is 1.74. The highest BCUT2D eigenvalue weighted by Crippen LogP contribution is 2.24. The monoisotopic (exact) mass is 1400 g/mol. The maximum Gasteiger partial charge on any atom is 0.245 e. The van der Waals surface area contributed by atoms with Gasteiger partial charge in [-0.3, -0.25) is 67.3 Å². The molecule has 2 aromatic carbocycles. The topological polar surface area (TPSA) is 505 Å². The number of rotatable bonds is 45. The molecule has 2 aliphatic heterocycles. The zero-order valence-electron chi connectivity index (χ0n) is 57.5. The van der Waals surface area contributed by atoms with Gasteiger partial charge in [0.2, 0.25) is 76.8 Å². The van der Waals surface area contributed by atoms with Gasteiger partial charge in [0.1, 0.15) is 54.4 Å². The molecule has 0 bridgehead atoms. The Hall–Kier alpha value is -8.91. The first-order valence-electron chi connectivity index (χ1n) is 34.2. The maximum absolute atomic E-state index is 14.8. The Morgan fingerprint density at radius 3 is 1.52 bits per heavy atom. The lowest BCUT2D eigenvalue weighted by molar-refractivity contribution is -0.144. The molecule has 21 N–H and O–H groups in total. The molecule has 4 rings (SSSR count). The molecule has 2 fully saturated rings. The highest BCUT2D eigenvalue weighted by Gasteiger charge is 2.42. The normalized spacial score (nSPS) is 16.6. The predicted octanol–water partition coefficient (Wildman–Crippen LogP) is -2.28. The number of guanidine groups is 1. The quantitative estimate of drug-likeness (QED) is 0.0189. The summed E-state index contributed by atoms with van der Waals surface area (Å²) < 4.78 is 0. The van der Waals surface area contributed by atoms with Crippen molar-refractivity contribution < 1.29 is 62.3 Å². The largest absolute Gasteiger partial charge is 0.370 e. The Bertz CT molecular complexity index is 3040. The van der Waals surface area contributed by atoms with E-state index in [4.69, 9.17) is 34.4 Å². The average molecular weight is 1400 g/mol. The van der Waals surface area contributed by atoms with Crippen LogP contribution < -0.4 is 82.3 Å². The number of benzene rings is 2. The van der Waals surface area contributed by atoms with E-state index in [0.29, 0.717) is 68.4 Å². The first kappa shape index (κ1) is 82.5. The number of aliphatic imine (C=N–C) groups is 1. The van der Waals surface area contributed by atoms with Crippen LogP contribution in [0.2, 0.25) is 0 Å². The number of likely N-dealkylation sites (tertiary alicyclic amines) is 2. The van der Waals surface area contributed by atoms with Crippen molar-refractivity contribution in [2.24, 2.45) is 45.3 Å². The summed E-state index contributed by atoms with van der Waals surface area (Å²) in [6.45, 7) is 6.37. The third-order valence-electron chi connectivity index (χ3n) is 16.8. The van der Waals surface area contributed by atoms with Crippen LogP contribution in [0.3, 0.4) is 0 Å². The molecule has 13 amide bonds. The minimum absolute atomic E-state index is 0.0753. The predicted molar refractivity (Wildman–Crippen MR) is 374 cm³/mol. The van der Waals surface area contributed by atoms with Crippen molar-refractivity contribution in [3.63, 3.8) is 0 Å². The number of amides is 13. The second kappa shape index (κ2) is 44.2. The minimum atomic E-state index is -1.64. The fourth-order valence-electron chi connectivity index (χ4n) is 11.5. The van der Waals surface area contributed by atoms with E-state index in [1.807, 2.05) is 27.0 Å². The van der Waals surface area contributed by atoms with Crippen molar-refractivity contribution in [3.05, 3.63) is 71.8 Å². The van der Waals surface area contributed by atoms with E-state index in [1.165, 1.54) is 21.6 Å². The summed E-state index contributed by atoms with van der Waals surface area (Å²) >= 11 is 1.51. The molecular weight excluding hydrogens is 1300 g/mol. The van der Waals surface area contributed by atoms with Crippen LogP contribution in [-0.4, -0.2) is 204 Å². The van der Waals surface area contributed by atoms with Crippen molar-refractivity contribution in [3.8, 4) is 0 Å². The van der Waals surface area contributed by atoms with Crippen LogP contribution >= 0.6 is 11.8 Å². The molecule has 0 aromatic heterocycles. The maximum atomic E-state index is 14.8. The summed E-state index contributed by atoms with van der Waals surface area (Å²) in [5.74, 6) is -9.19. The van der Waals surface area contributed by atoms with Crippen LogP contribution in [0.4, 0.5) is 0 Å². The van der Waals surface area contributed by atoms with Crippen LogP contribution in [0.1, 0.15) is 141 Å². The lowest BCUT2D eigenvalue weighted by atomic mass is 10.0. The summed E-state index contributed by atoms with van der Waals surface area (Å²) in [6, 6.07) is 4.78. The van der Waals surface area contributed by atoms with Crippen LogP contribution in [0.5, 0.6) is 0 Å². The Labute approximate surface area is 583 Å². The van der Waals surface area contributed by atoms with Crippen LogP contribution in [-0.2, 0) is 75.2 Å². The Balaban J connectivity index is 1.56. The zero-order valence-corrected chi connectivity index (χ0v) is 58.3. The van der Waals surface area contributed by atoms with Gasteiger partial charge in [0.05, 0.1) is 12.6 Å². The number of carbonyl (C=O) groups is 13. The molecule has 2 heterocycles. The van der Waals surface area contributed by atoms with Crippen molar-refractivity contribution in [2.75, 3.05) is 51.3 Å². The highest BCUT2D eigenvalue weighted by molar-refractivity contribution is 7.98. The molecule has 31 nitrogen and oxygen atoms in total. The fraction of sp³-hybridized carbons (Fsp3) is 0.612. The highest BCUT2D eigenvalue weighted by atomic mass is 32.2. The van der Waals surface area contributed by atoms with Gasteiger partial charge in [-0.2, -0.15) is 11.8 Å². The molecule has 2 saturated heterocycles. The van der Waals surface area contributed by atoms with E-state index in [0.717, 1.165) is 12.8 Å². The number of carbonyl (C=O) groups excluding carboxylic acids is 13. The van der Waals surface area contributed by atoms with Gasteiger partial charge >= 0.3 is 0 Å². The number of hydrogen-bond donors (Lipinski definition) is 15. The second-order valence-electron chi connectivity index (χ2n) is 25.4. The number of unbranched alkanes of at least 4 members (excludes halogenated alkanes) is 2. The Kier molecular flexibility index (Phi) is 36.8. The van der Waals surface area contributed by atoms with Crippen LogP contribution in [0, 0.1) is 5.92 Å². The van der Waals surface area contributed by atoms with Crippen molar-refractivity contribution >= 4 is 94.5 Å². The number of nitrogens with zero attached hydrogens (tertiary/aromatic N) is 3. The summed E-state index contributed by atoms with van der Waals surface area (Å²) in [6.07, 6.45) is 4.93. The molecule has 0 saturated carbocycles. The lowest BCUT2D eigenvalue weighted by Crippen LogP contribution is -2.60. The Morgan fingerprint density at radius 1 is 0.535 bits per heavy atom. The number of nitrogens with two attached hydrogens (primary N) is 6. The van der Waals surface area contributed by atoms with Crippen LogP contribution in [0.15, 0.2) is 65.7 Å². The first-order valence-corrected chi connectivity index (χ1v) is 35.6. The van der Waals surface area contributed by atoms with Gasteiger partial charge < -0.3 is 92.1 Å². The van der Waals surface area contributed by atoms with Gasteiger partial charge in [0.25, 0.3) is 0 Å². The third kappa shape index (κ3) is 29.6. The molecule has 2 aromatic rings. The van der Waals surface area contributed by atoms with Crippen LogP contribution in [0.25, 0.3) is 0 Å². The van der Waals surface area contributed by atoms with E-state index < -0.39 is 164 Å². The van der Waals surface area contributed by atoms with Crippen molar-refractivity contribution in [1.29, 1.82) is 0 Å². The molecule has 99 heavy (non-hydrogen) atoms.